The van der Waals surface area contributed by atoms with Gasteiger partial charge in [-0.2, -0.15) is 0 Å². The van der Waals surface area contributed by atoms with E-state index in [1.165, 1.54) is 18.5 Å². The quantitative estimate of drug-likeness (QED) is 0.746. The Morgan fingerprint density at radius 1 is 1.50 bits per heavy atom. The second-order valence-electron chi connectivity index (χ2n) is 5.53. The van der Waals surface area contributed by atoms with Gasteiger partial charge in [0.05, 0.1) is 23.6 Å². The van der Waals surface area contributed by atoms with Gasteiger partial charge in [-0.25, -0.2) is 4.79 Å². The van der Waals surface area contributed by atoms with Crippen LogP contribution < -0.4 is 5.32 Å². The van der Waals surface area contributed by atoms with E-state index in [0.29, 0.717) is 18.7 Å². The van der Waals surface area contributed by atoms with Crippen LogP contribution in [0.4, 0.5) is 5.69 Å². The maximum absolute atomic E-state index is 11.0. The lowest BCUT2D eigenvalue weighted by Crippen LogP contribution is -2.25. The van der Waals surface area contributed by atoms with E-state index in [9.17, 15) is 9.90 Å². The van der Waals surface area contributed by atoms with Gasteiger partial charge < -0.3 is 15.5 Å². The number of aromatic nitrogens is 1. The third-order valence-electron chi connectivity index (χ3n) is 2.43. The first kappa shape index (κ1) is 14.4. The minimum absolute atomic E-state index is 0.0334. The van der Waals surface area contributed by atoms with Crippen LogP contribution in [0.2, 0.25) is 0 Å². The molecule has 1 atom stereocenters. The van der Waals surface area contributed by atoms with Crippen LogP contribution >= 0.6 is 0 Å². The molecule has 0 saturated heterocycles. The summed E-state index contributed by atoms with van der Waals surface area (Å²) >= 11 is 0. The lowest BCUT2D eigenvalue weighted by atomic mass is 9.89. The average Bonchev–Trinajstić information content (AvgIpc) is 2.24. The topological polar surface area (TPSA) is 82.5 Å². The van der Waals surface area contributed by atoms with Crippen LogP contribution in [0.5, 0.6) is 0 Å². The van der Waals surface area contributed by atoms with Gasteiger partial charge in [0.2, 0.25) is 0 Å². The summed E-state index contributed by atoms with van der Waals surface area (Å²) in [7, 11) is 0. The molecule has 0 radical (unpaired) electrons. The zero-order valence-electron chi connectivity index (χ0n) is 11.0. The number of hydrogen-bond acceptors (Lipinski definition) is 4. The van der Waals surface area contributed by atoms with E-state index in [1.807, 2.05) is 20.8 Å². The van der Waals surface area contributed by atoms with Crippen molar-refractivity contribution in [2.75, 3.05) is 11.9 Å². The van der Waals surface area contributed by atoms with Crippen molar-refractivity contribution in [1.29, 1.82) is 0 Å². The molecule has 0 aliphatic carbocycles. The molecule has 1 heterocycles. The molecular weight excluding hydrogens is 232 g/mol. The number of aromatic carboxylic acids is 1. The molecule has 0 aromatic carbocycles. The van der Waals surface area contributed by atoms with E-state index in [4.69, 9.17) is 5.11 Å². The monoisotopic (exact) mass is 252 g/mol. The number of hydrogen-bond donors (Lipinski definition) is 3. The number of carbonyl (C=O) groups is 1. The lowest BCUT2D eigenvalue weighted by molar-refractivity contribution is 0.0697. The fraction of sp³-hybridized carbons (Fsp3) is 0.538. The zero-order chi connectivity index (χ0) is 13.8. The van der Waals surface area contributed by atoms with Crippen LogP contribution in [0, 0.1) is 5.41 Å². The highest BCUT2D eigenvalue weighted by Gasteiger charge is 2.17. The molecule has 1 unspecified atom stereocenters. The van der Waals surface area contributed by atoms with Crippen LogP contribution in [0.1, 0.15) is 37.6 Å². The first-order valence-corrected chi connectivity index (χ1v) is 5.89. The van der Waals surface area contributed by atoms with Crippen molar-refractivity contribution < 1.29 is 15.0 Å². The van der Waals surface area contributed by atoms with Gasteiger partial charge >= 0.3 is 5.97 Å². The molecule has 100 valence electrons. The summed E-state index contributed by atoms with van der Waals surface area (Å²) < 4.78 is 0. The molecule has 1 aromatic heterocycles. The fourth-order valence-corrected chi connectivity index (χ4v) is 1.73. The van der Waals surface area contributed by atoms with Crippen molar-refractivity contribution in [2.24, 2.45) is 5.41 Å². The number of carboxylic acids is 1. The molecule has 1 aromatic rings. The van der Waals surface area contributed by atoms with Crippen LogP contribution in [0.25, 0.3) is 0 Å². The second kappa shape index (κ2) is 5.82. The number of nitrogens with zero attached hydrogens (tertiary/aromatic N) is 1. The summed E-state index contributed by atoms with van der Waals surface area (Å²) in [5.41, 5.74) is 0.622. The summed E-state index contributed by atoms with van der Waals surface area (Å²) in [5.74, 6) is -1.01. The van der Waals surface area contributed by atoms with E-state index < -0.39 is 12.1 Å². The van der Waals surface area contributed by atoms with Gasteiger partial charge in [0, 0.05) is 12.7 Å². The van der Waals surface area contributed by atoms with E-state index >= 15 is 0 Å². The van der Waals surface area contributed by atoms with Crippen molar-refractivity contribution in [3.63, 3.8) is 0 Å². The number of rotatable bonds is 5. The minimum Gasteiger partial charge on any atom is -0.478 e. The van der Waals surface area contributed by atoms with E-state index in [0.717, 1.165) is 0 Å². The van der Waals surface area contributed by atoms with Crippen LogP contribution in [-0.2, 0) is 0 Å². The summed E-state index contributed by atoms with van der Waals surface area (Å²) in [5, 5.41) is 21.8. The van der Waals surface area contributed by atoms with Crippen LogP contribution in [0.3, 0.4) is 0 Å². The molecule has 5 nitrogen and oxygen atoms in total. The maximum atomic E-state index is 11.0. The molecule has 0 aliphatic heterocycles. The molecule has 0 saturated carbocycles. The molecule has 0 amide bonds. The van der Waals surface area contributed by atoms with Crippen molar-refractivity contribution >= 4 is 11.7 Å². The highest BCUT2D eigenvalue weighted by Crippen LogP contribution is 2.21. The predicted octanol–water partition coefficient (Wildman–Crippen LogP) is 1.99. The predicted molar refractivity (Wildman–Crippen MR) is 69.8 cm³/mol. The Morgan fingerprint density at radius 3 is 2.72 bits per heavy atom. The molecular formula is C13H20N2O3. The maximum Gasteiger partial charge on any atom is 0.337 e. The van der Waals surface area contributed by atoms with Crippen molar-refractivity contribution in [2.45, 2.75) is 33.3 Å². The molecule has 1 rings (SSSR count). The first-order chi connectivity index (χ1) is 8.29. The van der Waals surface area contributed by atoms with E-state index in [-0.39, 0.29) is 11.0 Å². The Balaban J connectivity index is 2.61. The molecule has 3 N–H and O–H groups in total. The highest BCUT2D eigenvalue weighted by atomic mass is 16.4. The number of aliphatic hydroxyl groups excluding tert-OH is 1. The first-order valence-electron chi connectivity index (χ1n) is 5.89. The number of nitrogens with one attached hydrogen (secondary N) is 1. The Morgan fingerprint density at radius 2 is 2.17 bits per heavy atom. The number of aliphatic hydroxyl groups is 1. The van der Waals surface area contributed by atoms with Gasteiger partial charge in [0.15, 0.2) is 0 Å². The Labute approximate surface area is 107 Å². The Kier molecular flexibility index (Phi) is 4.67. The summed E-state index contributed by atoms with van der Waals surface area (Å²) in [4.78, 5) is 14.8. The molecule has 5 heteroatoms. The van der Waals surface area contributed by atoms with E-state index in [2.05, 4.69) is 10.3 Å². The third kappa shape index (κ3) is 4.71. The SMILES string of the molecule is CC(C)(C)CC(O)CNc1cnccc1C(=O)O. The van der Waals surface area contributed by atoms with Gasteiger partial charge in [-0.3, -0.25) is 4.98 Å². The van der Waals surface area contributed by atoms with E-state index in [1.54, 1.807) is 0 Å². The molecule has 0 spiro atoms. The largest absolute Gasteiger partial charge is 0.478 e. The lowest BCUT2D eigenvalue weighted by Gasteiger charge is -2.23. The van der Waals surface area contributed by atoms with Gasteiger partial charge in [0.25, 0.3) is 0 Å². The number of carboxylic acid groups (broad SMARTS) is 1. The smallest absolute Gasteiger partial charge is 0.337 e. The van der Waals surface area contributed by atoms with Gasteiger partial charge in [0.1, 0.15) is 0 Å². The van der Waals surface area contributed by atoms with Gasteiger partial charge in [-0.05, 0) is 17.9 Å². The van der Waals surface area contributed by atoms with Crippen molar-refractivity contribution in [3.05, 3.63) is 24.0 Å². The molecule has 18 heavy (non-hydrogen) atoms. The van der Waals surface area contributed by atoms with Crippen LogP contribution in [-0.4, -0.2) is 33.8 Å². The van der Waals surface area contributed by atoms with Gasteiger partial charge in [-0.1, -0.05) is 20.8 Å². The summed E-state index contributed by atoms with van der Waals surface area (Å²) in [6, 6.07) is 1.43. The standard InChI is InChI=1S/C13H20N2O3/c1-13(2,3)6-9(16)7-15-11-8-14-5-4-10(11)12(17)18/h4-5,8-9,15-16H,6-7H2,1-3H3,(H,17,18). The highest BCUT2D eigenvalue weighted by molar-refractivity contribution is 5.93. The van der Waals surface area contributed by atoms with Crippen molar-refractivity contribution in [3.8, 4) is 0 Å². The zero-order valence-corrected chi connectivity index (χ0v) is 11.0. The molecule has 0 bridgehead atoms. The molecule has 0 fully saturated rings. The third-order valence-corrected chi connectivity index (χ3v) is 2.43. The summed E-state index contributed by atoms with van der Waals surface area (Å²) in [6.45, 7) is 6.44. The average molecular weight is 252 g/mol. The summed E-state index contributed by atoms with van der Waals surface area (Å²) in [6.07, 6.45) is 3.00. The Hall–Kier alpha value is -1.62. The van der Waals surface area contributed by atoms with Gasteiger partial charge in [-0.15, -0.1) is 0 Å². The molecule has 0 aliphatic rings. The number of pyridine rings is 1. The Bertz CT molecular complexity index is 413. The fourth-order valence-electron chi connectivity index (χ4n) is 1.73. The second-order valence-corrected chi connectivity index (χ2v) is 5.53. The van der Waals surface area contributed by atoms with Crippen LogP contribution in [0.15, 0.2) is 18.5 Å². The normalized spacial score (nSPS) is 13.1. The minimum atomic E-state index is -1.01. The van der Waals surface area contributed by atoms with Crippen molar-refractivity contribution in [1.82, 2.24) is 4.98 Å². The number of anilines is 1.